The van der Waals surface area contributed by atoms with Crippen LogP contribution in [0.3, 0.4) is 0 Å². The average molecular weight is 469 g/mol. The lowest BCUT2D eigenvalue weighted by Gasteiger charge is -2.26. The van der Waals surface area contributed by atoms with Crippen LogP contribution in [0.4, 0.5) is 5.82 Å². The Labute approximate surface area is 199 Å². The van der Waals surface area contributed by atoms with Gasteiger partial charge in [-0.2, -0.15) is 0 Å². The van der Waals surface area contributed by atoms with Gasteiger partial charge in [0.05, 0.1) is 10.0 Å². The number of halogens is 2. The topological polar surface area (TPSA) is 49.3 Å². The van der Waals surface area contributed by atoms with Crippen molar-refractivity contribution in [2.75, 3.05) is 31.1 Å². The average Bonchev–Trinajstić information content (AvgIpc) is 3.04. The Balaban J connectivity index is 1.55. The molecule has 0 unspecified atom stereocenters. The Kier molecular flexibility index (Phi) is 6.97. The SMILES string of the molecule is Cc1nc(C)c(Cc2ccccc2)c(N2CCCN(C(=O)c3ccc(Cl)c(Cl)c3)CC2)n1. The van der Waals surface area contributed by atoms with Gasteiger partial charge >= 0.3 is 0 Å². The number of aryl methyl sites for hydroxylation is 2. The second-order valence-corrected chi connectivity index (χ2v) is 8.90. The van der Waals surface area contributed by atoms with Crippen molar-refractivity contribution in [3.8, 4) is 0 Å². The summed E-state index contributed by atoms with van der Waals surface area (Å²) in [4.78, 5) is 26.7. The van der Waals surface area contributed by atoms with Crippen LogP contribution in [-0.2, 0) is 6.42 Å². The molecular weight excluding hydrogens is 443 g/mol. The molecular formula is C25H26Cl2N4O. The van der Waals surface area contributed by atoms with Crippen LogP contribution < -0.4 is 4.90 Å². The lowest BCUT2D eigenvalue weighted by Crippen LogP contribution is -2.35. The summed E-state index contributed by atoms with van der Waals surface area (Å²) >= 11 is 12.1. The number of hydrogen-bond donors (Lipinski definition) is 0. The van der Waals surface area contributed by atoms with Crippen molar-refractivity contribution in [3.63, 3.8) is 0 Å². The molecule has 1 fully saturated rings. The summed E-state index contributed by atoms with van der Waals surface area (Å²) in [5, 5.41) is 0.845. The first-order chi connectivity index (χ1) is 15.4. The Morgan fingerprint density at radius 3 is 2.47 bits per heavy atom. The van der Waals surface area contributed by atoms with E-state index in [1.54, 1.807) is 18.2 Å². The van der Waals surface area contributed by atoms with Crippen LogP contribution in [0.5, 0.6) is 0 Å². The minimum absolute atomic E-state index is 0.0232. The van der Waals surface area contributed by atoms with Crippen molar-refractivity contribution < 1.29 is 4.79 Å². The number of benzene rings is 2. The molecule has 0 spiro atoms. The van der Waals surface area contributed by atoms with E-state index >= 15 is 0 Å². The molecule has 0 saturated carbocycles. The molecule has 0 N–H and O–H groups in total. The third kappa shape index (κ3) is 5.05. The number of aromatic nitrogens is 2. The molecule has 2 heterocycles. The van der Waals surface area contributed by atoms with E-state index in [1.807, 2.05) is 24.8 Å². The summed E-state index contributed by atoms with van der Waals surface area (Å²) in [6.45, 7) is 6.83. The van der Waals surface area contributed by atoms with Gasteiger partial charge in [-0.3, -0.25) is 4.79 Å². The summed E-state index contributed by atoms with van der Waals surface area (Å²) in [6.07, 6.45) is 1.64. The van der Waals surface area contributed by atoms with Gasteiger partial charge in [0.25, 0.3) is 5.91 Å². The third-order valence-electron chi connectivity index (χ3n) is 5.78. The van der Waals surface area contributed by atoms with Crippen molar-refractivity contribution in [1.29, 1.82) is 0 Å². The first-order valence-corrected chi connectivity index (χ1v) is 11.6. The maximum atomic E-state index is 13.1. The zero-order chi connectivity index (χ0) is 22.7. The van der Waals surface area contributed by atoms with Gasteiger partial charge in [0.2, 0.25) is 0 Å². The zero-order valence-corrected chi connectivity index (χ0v) is 19.8. The summed E-state index contributed by atoms with van der Waals surface area (Å²) in [5.41, 5.74) is 3.94. The highest BCUT2D eigenvalue weighted by atomic mass is 35.5. The summed E-state index contributed by atoms with van der Waals surface area (Å²) in [5.74, 6) is 1.72. The number of carbonyl (C=O) groups excluding carboxylic acids is 1. The minimum Gasteiger partial charge on any atom is -0.354 e. The monoisotopic (exact) mass is 468 g/mol. The summed E-state index contributed by atoms with van der Waals surface area (Å²) < 4.78 is 0. The fraction of sp³-hybridized carbons (Fsp3) is 0.320. The van der Waals surface area contributed by atoms with Crippen molar-refractivity contribution in [3.05, 3.63) is 86.8 Å². The van der Waals surface area contributed by atoms with Gasteiger partial charge in [0.15, 0.2) is 0 Å². The molecule has 0 aliphatic carbocycles. The normalized spacial score (nSPS) is 14.4. The van der Waals surface area contributed by atoms with E-state index in [1.165, 1.54) is 5.56 Å². The number of carbonyl (C=O) groups is 1. The fourth-order valence-electron chi connectivity index (χ4n) is 4.13. The van der Waals surface area contributed by atoms with Gasteiger partial charge in [-0.1, -0.05) is 53.5 Å². The Hall–Kier alpha value is -2.63. The van der Waals surface area contributed by atoms with Gasteiger partial charge in [0.1, 0.15) is 11.6 Å². The molecule has 3 aromatic rings. The van der Waals surface area contributed by atoms with Crippen LogP contribution in [-0.4, -0.2) is 47.0 Å². The van der Waals surface area contributed by atoms with E-state index in [9.17, 15) is 4.79 Å². The van der Waals surface area contributed by atoms with E-state index in [2.05, 4.69) is 34.1 Å². The summed E-state index contributed by atoms with van der Waals surface area (Å²) in [6, 6.07) is 15.4. The maximum absolute atomic E-state index is 13.1. The predicted octanol–water partition coefficient (Wildman–Crippen LogP) is 5.34. The van der Waals surface area contributed by atoms with Crippen molar-refractivity contribution in [2.24, 2.45) is 0 Å². The molecule has 0 bridgehead atoms. The number of nitrogens with zero attached hydrogens (tertiary/aromatic N) is 4. The van der Waals surface area contributed by atoms with Crippen molar-refractivity contribution >= 4 is 34.9 Å². The third-order valence-corrected chi connectivity index (χ3v) is 6.52. The first kappa shape index (κ1) is 22.6. The molecule has 32 heavy (non-hydrogen) atoms. The molecule has 0 atom stereocenters. The number of anilines is 1. The molecule has 1 aromatic heterocycles. The van der Waals surface area contributed by atoms with Crippen LogP contribution in [0, 0.1) is 13.8 Å². The Morgan fingerprint density at radius 1 is 0.938 bits per heavy atom. The standard InChI is InChI=1S/C25H26Cl2N4O/c1-17-21(15-19-7-4-3-5-8-19)24(29-18(2)28-17)30-11-6-12-31(14-13-30)25(32)20-9-10-22(26)23(27)16-20/h3-5,7-10,16H,6,11-15H2,1-2H3. The highest BCUT2D eigenvalue weighted by molar-refractivity contribution is 6.42. The largest absolute Gasteiger partial charge is 0.354 e. The number of hydrogen-bond acceptors (Lipinski definition) is 4. The van der Waals surface area contributed by atoms with Gasteiger partial charge in [0, 0.05) is 49.4 Å². The van der Waals surface area contributed by atoms with Crippen LogP contribution in [0.25, 0.3) is 0 Å². The molecule has 7 heteroatoms. The molecule has 0 radical (unpaired) electrons. The zero-order valence-electron chi connectivity index (χ0n) is 18.3. The van der Waals surface area contributed by atoms with Gasteiger partial charge < -0.3 is 9.80 Å². The lowest BCUT2D eigenvalue weighted by atomic mass is 10.0. The van der Waals surface area contributed by atoms with E-state index in [0.717, 1.165) is 42.3 Å². The predicted molar refractivity (Wildman–Crippen MR) is 130 cm³/mol. The summed E-state index contributed by atoms with van der Waals surface area (Å²) in [7, 11) is 0. The van der Waals surface area contributed by atoms with Gasteiger partial charge in [-0.25, -0.2) is 9.97 Å². The van der Waals surface area contributed by atoms with Crippen LogP contribution in [0.1, 0.15) is 39.4 Å². The molecule has 1 saturated heterocycles. The minimum atomic E-state index is -0.0232. The molecule has 1 aliphatic heterocycles. The molecule has 1 amide bonds. The quantitative estimate of drug-likeness (QED) is 0.518. The molecule has 2 aromatic carbocycles. The molecule has 5 nitrogen and oxygen atoms in total. The smallest absolute Gasteiger partial charge is 0.253 e. The Morgan fingerprint density at radius 2 is 1.72 bits per heavy atom. The van der Waals surface area contributed by atoms with Crippen LogP contribution in [0.15, 0.2) is 48.5 Å². The highest BCUT2D eigenvalue weighted by Crippen LogP contribution is 2.26. The second kappa shape index (κ2) is 9.88. The number of amides is 1. The van der Waals surface area contributed by atoms with Crippen LogP contribution in [0.2, 0.25) is 10.0 Å². The first-order valence-electron chi connectivity index (χ1n) is 10.8. The Bertz CT molecular complexity index is 1120. The second-order valence-electron chi connectivity index (χ2n) is 8.08. The number of rotatable bonds is 4. The molecule has 1 aliphatic rings. The molecule has 4 rings (SSSR count). The van der Waals surface area contributed by atoms with Gasteiger partial charge in [-0.15, -0.1) is 0 Å². The van der Waals surface area contributed by atoms with Crippen molar-refractivity contribution in [1.82, 2.24) is 14.9 Å². The highest BCUT2D eigenvalue weighted by Gasteiger charge is 2.24. The van der Waals surface area contributed by atoms with Crippen LogP contribution >= 0.6 is 23.2 Å². The van der Waals surface area contributed by atoms with E-state index in [-0.39, 0.29) is 5.91 Å². The lowest BCUT2D eigenvalue weighted by molar-refractivity contribution is 0.0767. The van der Waals surface area contributed by atoms with Crippen molar-refractivity contribution in [2.45, 2.75) is 26.7 Å². The van der Waals surface area contributed by atoms with Gasteiger partial charge in [-0.05, 0) is 44.0 Å². The van der Waals surface area contributed by atoms with E-state index in [4.69, 9.17) is 28.2 Å². The molecule has 166 valence electrons. The fourth-order valence-corrected chi connectivity index (χ4v) is 4.43. The maximum Gasteiger partial charge on any atom is 0.253 e. The van der Waals surface area contributed by atoms with E-state index < -0.39 is 0 Å². The van der Waals surface area contributed by atoms with E-state index in [0.29, 0.717) is 35.2 Å².